The number of carbonyl (C=O) groups excluding carboxylic acids is 1. The Labute approximate surface area is 144 Å². The first-order chi connectivity index (χ1) is 11.8. The molecule has 0 saturated carbocycles. The van der Waals surface area contributed by atoms with Crippen LogP contribution in [0.4, 0.5) is 5.13 Å². The number of nitrogens with one attached hydrogen (secondary N) is 2. The molecule has 2 aliphatic rings. The maximum Gasteiger partial charge on any atom is 0.231 e. The number of benzene rings is 1. The molecule has 0 radical (unpaired) electrons. The van der Waals surface area contributed by atoms with Gasteiger partial charge in [-0.25, -0.2) is 4.98 Å². The van der Waals surface area contributed by atoms with Gasteiger partial charge in [-0.1, -0.05) is 0 Å². The van der Waals surface area contributed by atoms with Gasteiger partial charge in [-0.3, -0.25) is 4.79 Å². The summed E-state index contributed by atoms with van der Waals surface area (Å²) in [5, 5.41) is 8.80. The molecule has 1 saturated heterocycles. The lowest BCUT2D eigenvalue weighted by atomic mass is 10.0. The molecule has 0 bridgehead atoms. The molecule has 2 aromatic rings. The lowest BCUT2D eigenvalue weighted by molar-refractivity contribution is -0.116. The fourth-order valence-corrected chi connectivity index (χ4v) is 3.73. The van der Waals surface area contributed by atoms with Crippen molar-refractivity contribution >= 4 is 22.4 Å². The number of hydrogen-bond acceptors (Lipinski definition) is 6. The smallest absolute Gasteiger partial charge is 0.231 e. The highest BCUT2D eigenvalue weighted by molar-refractivity contribution is 7.14. The maximum atomic E-state index is 12.1. The molecule has 1 unspecified atom stereocenters. The van der Waals surface area contributed by atoms with Crippen LogP contribution in [0.5, 0.6) is 11.5 Å². The lowest BCUT2D eigenvalue weighted by Gasteiger charge is -2.07. The summed E-state index contributed by atoms with van der Waals surface area (Å²) in [6.45, 7) is 2.35. The van der Waals surface area contributed by atoms with E-state index in [1.54, 1.807) is 0 Å². The number of aromatic nitrogens is 1. The van der Waals surface area contributed by atoms with Crippen LogP contribution in [0.2, 0.25) is 0 Å². The summed E-state index contributed by atoms with van der Waals surface area (Å²) in [4.78, 5) is 16.6. The average molecular weight is 345 g/mol. The summed E-state index contributed by atoms with van der Waals surface area (Å²) in [5.74, 6) is 2.14. The summed E-state index contributed by atoms with van der Waals surface area (Å²) in [5.41, 5.74) is 1.78. The predicted molar refractivity (Wildman–Crippen MR) is 92.5 cm³/mol. The SMILES string of the molecule is O=C(CCC1CCNC1)Nc1nc(-c2ccc3c(c2)OCO3)cs1. The number of amides is 1. The maximum absolute atomic E-state index is 12.1. The molecule has 24 heavy (non-hydrogen) atoms. The van der Waals surface area contributed by atoms with Crippen molar-refractivity contribution in [2.24, 2.45) is 5.92 Å². The molecular formula is C17H19N3O3S. The number of nitrogens with zero attached hydrogens (tertiary/aromatic N) is 1. The summed E-state index contributed by atoms with van der Waals surface area (Å²) in [7, 11) is 0. The lowest BCUT2D eigenvalue weighted by Crippen LogP contribution is -2.14. The van der Waals surface area contributed by atoms with Gasteiger partial charge in [0.25, 0.3) is 0 Å². The molecular weight excluding hydrogens is 326 g/mol. The van der Waals surface area contributed by atoms with Gasteiger partial charge in [-0.15, -0.1) is 11.3 Å². The molecule has 1 amide bonds. The molecule has 0 spiro atoms. The Bertz CT molecular complexity index is 740. The Morgan fingerprint density at radius 1 is 1.38 bits per heavy atom. The van der Waals surface area contributed by atoms with E-state index in [1.165, 1.54) is 17.8 Å². The molecule has 1 fully saturated rings. The average Bonchev–Trinajstić information content (AvgIpc) is 3.33. The van der Waals surface area contributed by atoms with Crippen molar-refractivity contribution in [3.63, 3.8) is 0 Å². The van der Waals surface area contributed by atoms with E-state index < -0.39 is 0 Å². The van der Waals surface area contributed by atoms with E-state index in [9.17, 15) is 4.79 Å². The zero-order chi connectivity index (χ0) is 16.4. The van der Waals surface area contributed by atoms with Crippen LogP contribution in [0, 0.1) is 5.92 Å². The quantitative estimate of drug-likeness (QED) is 0.872. The van der Waals surface area contributed by atoms with Crippen LogP contribution in [0.25, 0.3) is 11.3 Å². The zero-order valence-corrected chi connectivity index (χ0v) is 14.0. The van der Waals surface area contributed by atoms with Crippen molar-refractivity contribution < 1.29 is 14.3 Å². The fraction of sp³-hybridized carbons (Fsp3) is 0.412. The number of fused-ring (bicyclic) bond motifs is 1. The highest BCUT2D eigenvalue weighted by Crippen LogP contribution is 2.36. The second kappa shape index (κ2) is 6.78. The topological polar surface area (TPSA) is 72.5 Å². The minimum Gasteiger partial charge on any atom is -0.454 e. The van der Waals surface area contributed by atoms with E-state index in [0.717, 1.165) is 42.3 Å². The third kappa shape index (κ3) is 3.37. The second-order valence-electron chi connectivity index (χ2n) is 6.05. The first kappa shape index (κ1) is 15.4. The van der Waals surface area contributed by atoms with Crippen LogP contribution in [-0.4, -0.2) is 30.8 Å². The van der Waals surface area contributed by atoms with Crippen molar-refractivity contribution in [1.29, 1.82) is 0 Å². The van der Waals surface area contributed by atoms with Gasteiger partial charge < -0.3 is 20.1 Å². The Morgan fingerprint density at radius 2 is 2.29 bits per heavy atom. The van der Waals surface area contributed by atoms with Crippen LogP contribution < -0.4 is 20.1 Å². The van der Waals surface area contributed by atoms with E-state index >= 15 is 0 Å². The van der Waals surface area contributed by atoms with E-state index in [1.807, 2.05) is 23.6 Å². The Hall–Kier alpha value is -2.12. The Balaban J connectivity index is 1.36. The molecule has 3 heterocycles. The van der Waals surface area contributed by atoms with Crippen LogP contribution in [0.1, 0.15) is 19.3 Å². The van der Waals surface area contributed by atoms with Crippen molar-refractivity contribution in [3.05, 3.63) is 23.6 Å². The molecule has 7 heteroatoms. The summed E-state index contributed by atoms with van der Waals surface area (Å²) >= 11 is 1.44. The van der Waals surface area contributed by atoms with Crippen LogP contribution in [-0.2, 0) is 4.79 Å². The minimum atomic E-state index is 0.0356. The molecule has 2 N–H and O–H groups in total. The monoisotopic (exact) mass is 345 g/mol. The van der Waals surface area contributed by atoms with Gasteiger partial charge in [0.15, 0.2) is 16.6 Å². The van der Waals surface area contributed by atoms with Gasteiger partial charge in [-0.05, 0) is 50.0 Å². The normalized spacial score (nSPS) is 18.8. The molecule has 1 atom stereocenters. The van der Waals surface area contributed by atoms with E-state index in [2.05, 4.69) is 15.6 Å². The van der Waals surface area contributed by atoms with Crippen molar-refractivity contribution in [1.82, 2.24) is 10.3 Å². The van der Waals surface area contributed by atoms with Gasteiger partial charge in [0.05, 0.1) is 5.69 Å². The summed E-state index contributed by atoms with van der Waals surface area (Å²) in [6, 6.07) is 5.74. The van der Waals surface area contributed by atoms with E-state index in [4.69, 9.17) is 9.47 Å². The van der Waals surface area contributed by atoms with Crippen molar-refractivity contribution in [3.8, 4) is 22.8 Å². The Kier molecular flexibility index (Phi) is 4.36. The third-order valence-electron chi connectivity index (χ3n) is 4.36. The number of anilines is 1. The molecule has 1 aromatic carbocycles. The van der Waals surface area contributed by atoms with Crippen LogP contribution in [0.15, 0.2) is 23.6 Å². The van der Waals surface area contributed by atoms with Crippen LogP contribution in [0.3, 0.4) is 0 Å². The molecule has 4 rings (SSSR count). The van der Waals surface area contributed by atoms with Crippen molar-refractivity contribution in [2.45, 2.75) is 19.3 Å². The number of ether oxygens (including phenoxy) is 2. The zero-order valence-electron chi connectivity index (χ0n) is 13.2. The molecule has 0 aliphatic carbocycles. The highest BCUT2D eigenvalue weighted by atomic mass is 32.1. The minimum absolute atomic E-state index is 0.0356. The summed E-state index contributed by atoms with van der Waals surface area (Å²) in [6.07, 6.45) is 2.64. The standard InChI is InChI=1S/C17H19N3O3S/c21-16(4-1-11-5-6-18-8-11)20-17-19-13(9-24-17)12-2-3-14-15(7-12)23-10-22-14/h2-3,7,9,11,18H,1,4-6,8,10H2,(H,19,20,21). The van der Waals surface area contributed by atoms with Gasteiger partial charge in [0.1, 0.15) is 0 Å². The molecule has 2 aliphatic heterocycles. The van der Waals surface area contributed by atoms with Crippen LogP contribution >= 0.6 is 11.3 Å². The van der Waals surface area contributed by atoms with E-state index in [0.29, 0.717) is 17.5 Å². The predicted octanol–water partition coefficient (Wildman–Crippen LogP) is 2.87. The molecule has 1 aromatic heterocycles. The van der Waals surface area contributed by atoms with Gasteiger partial charge in [-0.2, -0.15) is 0 Å². The molecule has 126 valence electrons. The Morgan fingerprint density at radius 3 is 3.17 bits per heavy atom. The number of thiazole rings is 1. The first-order valence-corrected chi connectivity index (χ1v) is 9.02. The summed E-state index contributed by atoms with van der Waals surface area (Å²) < 4.78 is 10.7. The molecule has 6 nitrogen and oxygen atoms in total. The van der Waals surface area contributed by atoms with Gasteiger partial charge in [0.2, 0.25) is 12.7 Å². The number of carbonyl (C=O) groups is 1. The highest BCUT2D eigenvalue weighted by Gasteiger charge is 2.17. The third-order valence-corrected chi connectivity index (χ3v) is 5.12. The number of rotatable bonds is 5. The second-order valence-corrected chi connectivity index (χ2v) is 6.91. The first-order valence-electron chi connectivity index (χ1n) is 8.14. The number of hydrogen-bond donors (Lipinski definition) is 2. The fourth-order valence-electron chi connectivity index (χ4n) is 3.00. The largest absolute Gasteiger partial charge is 0.454 e. The van der Waals surface area contributed by atoms with Gasteiger partial charge in [0, 0.05) is 17.4 Å². The van der Waals surface area contributed by atoms with Crippen molar-refractivity contribution in [2.75, 3.05) is 25.2 Å². The van der Waals surface area contributed by atoms with E-state index in [-0.39, 0.29) is 12.7 Å². The van der Waals surface area contributed by atoms with Gasteiger partial charge >= 0.3 is 0 Å².